The number of hydrogen-bond donors (Lipinski definition) is 2. The Morgan fingerprint density at radius 3 is 2.12 bits per heavy atom. The van der Waals surface area contributed by atoms with Gasteiger partial charge in [-0.1, -0.05) is 0 Å². The largest absolute Gasteiger partial charge is 0.496 e. The van der Waals surface area contributed by atoms with Crippen molar-refractivity contribution in [1.82, 2.24) is 9.79 Å². The van der Waals surface area contributed by atoms with E-state index in [1.165, 1.54) is 44.0 Å². The highest BCUT2D eigenvalue weighted by molar-refractivity contribution is 7.89. The highest BCUT2D eigenvalue weighted by Crippen LogP contribution is 2.37. The van der Waals surface area contributed by atoms with E-state index < -0.39 is 44.2 Å². The number of methoxy groups -OCH3 is 2. The Morgan fingerprint density at radius 1 is 1.06 bits per heavy atom. The molecule has 0 bridgehead atoms. The lowest BCUT2D eigenvalue weighted by Crippen LogP contribution is -2.42. The van der Waals surface area contributed by atoms with Crippen LogP contribution in [0.2, 0.25) is 0 Å². The molecule has 3 rings (SSSR count). The van der Waals surface area contributed by atoms with E-state index in [9.17, 15) is 26.4 Å². The minimum absolute atomic E-state index is 0. The first-order chi connectivity index (χ1) is 16.0. The fraction of sp³-hybridized carbons (Fsp3) is 0.381. The number of hydrogen-bond acceptors (Lipinski definition) is 7. The number of amides is 1. The van der Waals surface area contributed by atoms with Crippen LogP contribution in [0.5, 0.6) is 17.2 Å². The van der Waals surface area contributed by atoms with Crippen LogP contribution in [-0.4, -0.2) is 57.3 Å². The number of alkyl halides is 3. The predicted octanol–water partition coefficient (Wildman–Crippen LogP) is 3.32. The summed E-state index contributed by atoms with van der Waals surface area (Å²) in [4.78, 5) is 11.8. The third kappa shape index (κ3) is 5.21. The maximum absolute atomic E-state index is 13.5. The number of rotatable bonds is 7. The summed E-state index contributed by atoms with van der Waals surface area (Å²) in [6, 6.07) is 6.93. The number of hydroxylamine groups is 1. The van der Waals surface area contributed by atoms with Crippen molar-refractivity contribution in [3.05, 3.63) is 47.5 Å². The summed E-state index contributed by atoms with van der Waals surface area (Å²) in [5.74, 6) is -1.03. The number of nitrogens with zero attached hydrogens (tertiary/aromatic N) is 1. The Bertz CT molecular complexity index is 1140. The molecule has 2 N–H and O–H groups in total. The molecule has 0 atom stereocenters. The lowest BCUT2D eigenvalue weighted by Gasteiger charge is -2.32. The zero-order valence-electron chi connectivity index (χ0n) is 18.3. The lowest BCUT2D eigenvalue weighted by molar-refractivity contribution is -0.137. The smallest absolute Gasteiger partial charge is 0.416 e. The van der Waals surface area contributed by atoms with Crippen molar-refractivity contribution >= 4 is 15.9 Å². The van der Waals surface area contributed by atoms with Gasteiger partial charge in [0, 0.05) is 14.5 Å². The second-order valence-corrected chi connectivity index (χ2v) is 9.23. The van der Waals surface area contributed by atoms with Crippen LogP contribution in [-0.2, 0) is 16.2 Å². The molecule has 34 heavy (non-hydrogen) atoms. The Kier molecular flexibility index (Phi) is 7.58. The molecule has 0 spiro atoms. The van der Waals surface area contributed by atoms with Crippen LogP contribution >= 0.6 is 0 Å². The SMILES string of the molecule is COc1ccc(OC)c(S(=O)(=O)N2CCC(Oc3ccc(C(F)(F)F)cc3)CC2)c1C(=O)NO.[HH]. The molecule has 0 radical (unpaired) electrons. The molecule has 2 aromatic rings. The van der Waals surface area contributed by atoms with Gasteiger partial charge in [-0.2, -0.15) is 17.5 Å². The topological polar surface area (TPSA) is 114 Å². The maximum atomic E-state index is 13.5. The van der Waals surface area contributed by atoms with Crippen molar-refractivity contribution in [3.8, 4) is 17.2 Å². The number of benzene rings is 2. The first-order valence-corrected chi connectivity index (χ1v) is 11.5. The van der Waals surface area contributed by atoms with Crippen molar-refractivity contribution < 1.29 is 47.2 Å². The summed E-state index contributed by atoms with van der Waals surface area (Å²) >= 11 is 0. The third-order valence-electron chi connectivity index (χ3n) is 5.33. The number of sulfonamides is 1. The van der Waals surface area contributed by atoms with Gasteiger partial charge in [-0.15, -0.1) is 0 Å². The molecule has 13 heteroatoms. The van der Waals surface area contributed by atoms with Gasteiger partial charge in [-0.25, -0.2) is 13.9 Å². The van der Waals surface area contributed by atoms with Gasteiger partial charge in [-0.3, -0.25) is 10.0 Å². The Morgan fingerprint density at radius 2 is 1.62 bits per heavy atom. The van der Waals surface area contributed by atoms with E-state index in [4.69, 9.17) is 19.4 Å². The standard InChI is InChI=1S/C21H23F3N2O7S.H2/c1-31-16-7-8-17(32-2)19(18(16)20(27)25-28)34(29,30)26-11-9-15(10-12-26)33-14-5-3-13(4-6-14)21(22,23)24;/h3-8,15,28H,9-12H2,1-2H3,(H,25,27);1H. The highest BCUT2D eigenvalue weighted by Gasteiger charge is 2.37. The van der Waals surface area contributed by atoms with Gasteiger partial charge in [0.05, 0.1) is 19.8 Å². The van der Waals surface area contributed by atoms with Crippen LogP contribution in [0.15, 0.2) is 41.3 Å². The number of carbonyl (C=O) groups is 1. The van der Waals surface area contributed by atoms with E-state index >= 15 is 0 Å². The zero-order valence-corrected chi connectivity index (χ0v) is 19.1. The van der Waals surface area contributed by atoms with E-state index in [0.29, 0.717) is 0 Å². The van der Waals surface area contributed by atoms with Crippen LogP contribution in [0.3, 0.4) is 0 Å². The second-order valence-electron chi connectivity index (χ2n) is 7.36. The summed E-state index contributed by atoms with van der Waals surface area (Å²) in [6.45, 7) is 0.0440. The summed E-state index contributed by atoms with van der Waals surface area (Å²) in [7, 11) is -1.78. The fourth-order valence-corrected chi connectivity index (χ4v) is 5.44. The number of halogens is 3. The molecule has 188 valence electrons. The van der Waals surface area contributed by atoms with Gasteiger partial charge in [0.2, 0.25) is 10.0 Å². The Balaban J connectivity index is 0.00000432. The summed E-state index contributed by atoms with van der Waals surface area (Å²) < 4.78 is 82.2. The molecule has 1 aliphatic rings. The Labute approximate surface area is 195 Å². The molecule has 9 nitrogen and oxygen atoms in total. The van der Waals surface area contributed by atoms with Gasteiger partial charge in [0.1, 0.15) is 33.8 Å². The molecule has 0 unspecified atom stereocenters. The van der Waals surface area contributed by atoms with Crippen molar-refractivity contribution in [2.45, 2.75) is 30.0 Å². The van der Waals surface area contributed by atoms with Gasteiger partial charge in [0.15, 0.2) is 0 Å². The average Bonchev–Trinajstić information content (AvgIpc) is 2.82. The molecule has 1 saturated heterocycles. The molecule has 1 fully saturated rings. The molecule has 1 heterocycles. The number of ether oxygens (including phenoxy) is 3. The number of nitrogens with one attached hydrogen (secondary N) is 1. The number of carbonyl (C=O) groups excluding carboxylic acids is 1. The van der Waals surface area contributed by atoms with Gasteiger partial charge >= 0.3 is 6.18 Å². The number of piperidine rings is 1. The third-order valence-corrected chi connectivity index (χ3v) is 7.30. The molecule has 1 aliphatic heterocycles. The molecule has 0 aliphatic carbocycles. The molecule has 0 saturated carbocycles. The summed E-state index contributed by atoms with van der Waals surface area (Å²) in [6.07, 6.45) is -4.36. The molecule has 1 amide bonds. The highest BCUT2D eigenvalue weighted by atomic mass is 32.2. The second kappa shape index (κ2) is 10.1. The van der Waals surface area contributed by atoms with Crippen molar-refractivity contribution in [2.75, 3.05) is 27.3 Å². The molecule has 0 aromatic heterocycles. The molecular formula is C21H25F3N2O7S. The fourth-order valence-electron chi connectivity index (χ4n) is 3.64. The van der Waals surface area contributed by atoms with Crippen LogP contribution in [0.4, 0.5) is 13.2 Å². The van der Waals surface area contributed by atoms with Crippen molar-refractivity contribution in [2.24, 2.45) is 0 Å². The van der Waals surface area contributed by atoms with Crippen LogP contribution < -0.4 is 19.7 Å². The minimum atomic E-state index is -4.45. The molecular weight excluding hydrogens is 481 g/mol. The van der Waals surface area contributed by atoms with Crippen LogP contribution in [0, 0.1) is 0 Å². The van der Waals surface area contributed by atoms with E-state index in [0.717, 1.165) is 16.4 Å². The monoisotopic (exact) mass is 506 g/mol. The van der Waals surface area contributed by atoms with Gasteiger partial charge < -0.3 is 14.2 Å². The van der Waals surface area contributed by atoms with Gasteiger partial charge in [0.25, 0.3) is 5.91 Å². The first-order valence-electron chi connectivity index (χ1n) is 10.1. The molecule has 2 aromatic carbocycles. The van der Waals surface area contributed by atoms with Crippen LogP contribution in [0.25, 0.3) is 0 Å². The normalized spacial score (nSPS) is 15.6. The van der Waals surface area contributed by atoms with Gasteiger partial charge in [-0.05, 0) is 49.2 Å². The maximum Gasteiger partial charge on any atom is 0.416 e. The summed E-state index contributed by atoms with van der Waals surface area (Å²) in [5, 5.41) is 9.13. The average molecular weight is 506 g/mol. The van der Waals surface area contributed by atoms with Crippen molar-refractivity contribution in [1.29, 1.82) is 0 Å². The van der Waals surface area contributed by atoms with Crippen molar-refractivity contribution in [3.63, 3.8) is 0 Å². The Hall–Kier alpha value is -3.03. The first kappa shape index (κ1) is 25.6. The lowest BCUT2D eigenvalue weighted by atomic mass is 10.1. The van der Waals surface area contributed by atoms with Crippen LogP contribution in [0.1, 0.15) is 30.2 Å². The van der Waals surface area contributed by atoms with E-state index in [2.05, 4.69) is 0 Å². The quantitative estimate of drug-likeness (QED) is 0.437. The van der Waals surface area contributed by atoms with E-state index in [1.807, 2.05) is 0 Å². The van der Waals surface area contributed by atoms with E-state index in [1.54, 1.807) is 0 Å². The minimum Gasteiger partial charge on any atom is -0.496 e. The zero-order chi connectivity index (χ0) is 25.1. The predicted molar refractivity (Wildman–Crippen MR) is 115 cm³/mol. The summed E-state index contributed by atoms with van der Waals surface area (Å²) in [5.41, 5.74) is 0.217. The van der Waals surface area contributed by atoms with E-state index in [-0.39, 0.29) is 44.6 Å².